The summed E-state index contributed by atoms with van der Waals surface area (Å²) in [6.07, 6.45) is 1.32. The maximum Gasteiger partial charge on any atom is 0.130 e. The minimum atomic E-state index is -1.35. The Balaban J connectivity index is 3.12. The molecule has 1 aromatic carbocycles. The lowest BCUT2D eigenvalue weighted by atomic mass is 9.87. The number of hydrogen-bond acceptors (Lipinski definition) is 1. The first-order valence-corrected chi connectivity index (χ1v) is 5.18. The van der Waals surface area contributed by atoms with Crippen molar-refractivity contribution in [2.24, 2.45) is 0 Å². The van der Waals surface area contributed by atoms with Crippen LogP contribution < -0.4 is 0 Å². The highest BCUT2D eigenvalue weighted by Crippen LogP contribution is 2.32. The molecule has 0 fully saturated rings. The average molecular weight is 208 g/mol. The maximum absolute atomic E-state index is 13.9. The quantitative estimate of drug-likeness (QED) is 0.691. The Morgan fingerprint density at radius 3 is 2.53 bits per heavy atom. The summed E-state index contributed by atoms with van der Waals surface area (Å²) in [5.74, 6) is 0.0775. The van der Waals surface area contributed by atoms with Crippen LogP contribution in [0, 0.1) is 0 Å². The van der Waals surface area contributed by atoms with Crippen molar-refractivity contribution in [3.05, 3.63) is 35.4 Å². The fraction of sp³-hybridized carbons (Fsp3) is 0.462. The average Bonchev–Trinajstić information content (AvgIpc) is 2.17. The molecule has 1 rings (SSSR count). The van der Waals surface area contributed by atoms with E-state index in [4.69, 9.17) is 0 Å². The second-order valence-corrected chi connectivity index (χ2v) is 4.36. The third-order valence-electron chi connectivity index (χ3n) is 2.58. The van der Waals surface area contributed by atoms with Crippen LogP contribution in [0.5, 0.6) is 0 Å². The molecule has 0 radical (unpaired) electrons. The van der Waals surface area contributed by atoms with Crippen molar-refractivity contribution in [1.29, 1.82) is 0 Å². The molecule has 0 bridgehead atoms. The molecular weight excluding hydrogens is 191 g/mol. The summed E-state index contributed by atoms with van der Waals surface area (Å²) in [7, 11) is 0. The zero-order valence-electron chi connectivity index (χ0n) is 9.46. The highest BCUT2D eigenvalue weighted by molar-refractivity contribution is 5.52. The lowest BCUT2D eigenvalue weighted by Crippen LogP contribution is -2.13. The van der Waals surface area contributed by atoms with Gasteiger partial charge < -0.3 is 4.79 Å². The summed E-state index contributed by atoms with van der Waals surface area (Å²) < 4.78 is 13.9. The number of halogens is 1. The van der Waals surface area contributed by atoms with E-state index in [1.54, 1.807) is 19.9 Å². The van der Waals surface area contributed by atoms with Gasteiger partial charge in [-0.25, -0.2) is 4.39 Å². The van der Waals surface area contributed by atoms with Crippen LogP contribution in [0.2, 0.25) is 0 Å². The van der Waals surface area contributed by atoms with Gasteiger partial charge in [-0.15, -0.1) is 0 Å². The highest BCUT2D eigenvalue weighted by Gasteiger charge is 2.23. The van der Waals surface area contributed by atoms with Crippen molar-refractivity contribution in [3.8, 4) is 0 Å². The summed E-state index contributed by atoms with van der Waals surface area (Å²) in [6.45, 7) is 5.03. The molecule has 1 unspecified atom stereocenters. The molecular formula is C13H17FO. The molecule has 1 nitrogen and oxygen atoms in total. The van der Waals surface area contributed by atoms with Crippen LogP contribution in [-0.2, 0) is 10.5 Å². The Kier molecular flexibility index (Phi) is 3.61. The van der Waals surface area contributed by atoms with Crippen LogP contribution in [0.25, 0.3) is 0 Å². The van der Waals surface area contributed by atoms with E-state index < -0.39 is 5.67 Å². The zero-order valence-corrected chi connectivity index (χ0v) is 9.46. The van der Waals surface area contributed by atoms with Crippen LogP contribution >= 0.6 is 0 Å². The third kappa shape index (κ3) is 2.88. The zero-order chi connectivity index (χ0) is 11.5. The standard InChI is InChI=1S/C13H17FO/c1-10(8-9-15)11-6-4-5-7-12(11)13(2,3)14/h4-7,9-10H,8H2,1-3H3. The van der Waals surface area contributed by atoms with Gasteiger partial charge in [-0.1, -0.05) is 31.2 Å². The summed E-state index contributed by atoms with van der Waals surface area (Å²) in [5.41, 5.74) is 0.254. The Hall–Kier alpha value is -1.18. The van der Waals surface area contributed by atoms with Gasteiger partial charge in [0.05, 0.1) is 0 Å². The van der Waals surface area contributed by atoms with Gasteiger partial charge in [-0.05, 0) is 30.9 Å². The molecule has 82 valence electrons. The first-order valence-electron chi connectivity index (χ1n) is 5.18. The van der Waals surface area contributed by atoms with Gasteiger partial charge in [-0.2, -0.15) is 0 Å². The molecule has 0 heterocycles. The van der Waals surface area contributed by atoms with Crippen LogP contribution in [0.3, 0.4) is 0 Å². The van der Waals surface area contributed by atoms with Crippen molar-refractivity contribution in [2.75, 3.05) is 0 Å². The third-order valence-corrected chi connectivity index (χ3v) is 2.58. The molecule has 0 saturated carbocycles. The van der Waals surface area contributed by atoms with E-state index in [1.165, 1.54) is 0 Å². The van der Waals surface area contributed by atoms with Gasteiger partial charge >= 0.3 is 0 Å². The lowest BCUT2D eigenvalue weighted by molar-refractivity contribution is -0.108. The molecule has 0 aliphatic carbocycles. The van der Waals surface area contributed by atoms with Crippen LogP contribution in [0.1, 0.15) is 44.2 Å². The molecule has 0 aliphatic heterocycles. The van der Waals surface area contributed by atoms with Crippen LogP contribution in [0.15, 0.2) is 24.3 Å². The Labute approximate surface area is 90.3 Å². The Morgan fingerprint density at radius 1 is 1.40 bits per heavy atom. The number of hydrogen-bond donors (Lipinski definition) is 0. The minimum Gasteiger partial charge on any atom is -0.303 e. The summed E-state index contributed by atoms with van der Waals surface area (Å²) in [4.78, 5) is 10.5. The van der Waals surface area contributed by atoms with Gasteiger partial charge in [-0.3, -0.25) is 0 Å². The summed E-state index contributed by atoms with van der Waals surface area (Å²) in [5, 5.41) is 0. The second-order valence-electron chi connectivity index (χ2n) is 4.36. The van der Waals surface area contributed by atoms with Crippen molar-refractivity contribution >= 4 is 6.29 Å². The SMILES string of the molecule is CC(CC=O)c1ccccc1C(C)(C)F. The number of rotatable bonds is 4. The largest absolute Gasteiger partial charge is 0.303 e. The van der Waals surface area contributed by atoms with Crippen molar-refractivity contribution in [2.45, 2.75) is 38.8 Å². The molecule has 15 heavy (non-hydrogen) atoms. The van der Waals surface area contributed by atoms with Gasteiger partial charge in [0, 0.05) is 6.42 Å². The maximum atomic E-state index is 13.9. The predicted molar refractivity (Wildman–Crippen MR) is 59.7 cm³/mol. The highest BCUT2D eigenvalue weighted by atomic mass is 19.1. The molecule has 0 aromatic heterocycles. The first kappa shape index (κ1) is 11.9. The number of benzene rings is 1. The normalized spacial score (nSPS) is 13.6. The van der Waals surface area contributed by atoms with E-state index in [2.05, 4.69) is 0 Å². The molecule has 0 spiro atoms. The van der Waals surface area contributed by atoms with Crippen molar-refractivity contribution in [3.63, 3.8) is 0 Å². The fourth-order valence-corrected chi connectivity index (χ4v) is 1.74. The molecule has 2 heteroatoms. The predicted octanol–water partition coefficient (Wildman–Crippen LogP) is 3.58. The minimum absolute atomic E-state index is 0.0775. The van der Waals surface area contributed by atoms with Crippen LogP contribution in [0.4, 0.5) is 4.39 Å². The molecule has 0 saturated heterocycles. The van der Waals surface area contributed by atoms with E-state index in [1.807, 2.05) is 25.1 Å². The smallest absolute Gasteiger partial charge is 0.130 e. The number of alkyl halides is 1. The Bertz CT molecular complexity index is 339. The van der Waals surface area contributed by atoms with Gasteiger partial charge in [0.25, 0.3) is 0 Å². The molecule has 1 aromatic rings. The van der Waals surface area contributed by atoms with Crippen molar-refractivity contribution < 1.29 is 9.18 Å². The van der Waals surface area contributed by atoms with Crippen molar-refractivity contribution in [1.82, 2.24) is 0 Å². The van der Waals surface area contributed by atoms with E-state index >= 15 is 0 Å². The molecule has 0 amide bonds. The summed E-state index contributed by atoms with van der Waals surface area (Å²) >= 11 is 0. The van der Waals surface area contributed by atoms with E-state index in [-0.39, 0.29) is 5.92 Å². The number of carbonyl (C=O) groups is 1. The van der Waals surface area contributed by atoms with Gasteiger partial charge in [0.1, 0.15) is 12.0 Å². The van der Waals surface area contributed by atoms with E-state index in [0.29, 0.717) is 12.0 Å². The monoisotopic (exact) mass is 208 g/mol. The van der Waals surface area contributed by atoms with Gasteiger partial charge in [0.2, 0.25) is 0 Å². The van der Waals surface area contributed by atoms with Crippen LogP contribution in [-0.4, -0.2) is 6.29 Å². The molecule has 1 atom stereocenters. The Morgan fingerprint density at radius 2 is 2.00 bits per heavy atom. The van der Waals surface area contributed by atoms with E-state index in [9.17, 15) is 9.18 Å². The van der Waals surface area contributed by atoms with E-state index in [0.717, 1.165) is 11.8 Å². The first-order chi connectivity index (χ1) is 6.96. The summed E-state index contributed by atoms with van der Waals surface area (Å²) in [6, 6.07) is 7.39. The molecule has 0 aliphatic rings. The fourth-order valence-electron chi connectivity index (χ4n) is 1.74. The topological polar surface area (TPSA) is 17.1 Å². The molecule has 0 N–H and O–H groups in total. The van der Waals surface area contributed by atoms with Gasteiger partial charge in [0.15, 0.2) is 0 Å². The lowest BCUT2D eigenvalue weighted by Gasteiger charge is -2.21. The number of aldehydes is 1. The number of carbonyl (C=O) groups excluding carboxylic acids is 1. The second kappa shape index (κ2) is 4.56.